The summed E-state index contributed by atoms with van der Waals surface area (Å²) in [6, 6.07) is 16.7. The summed E-state index contributed by atoms with van der Waals surface area (Å²) in [5.41, 5.74) is 0.825. The van der Waals surface area contributed by atoms with Crippen LogP contribution in [0.15, 0.2) is 48.5 Å². The molecule has 6 heteroatoms. The van der Waals surface area contributed by atoms with Crippen molar-refractivity contribution in [1.29, 1.82) is 5.26 Å². The first kappa shape index (κ1) is 20.3. The molecule has 0 fully saturated rings. The van der Waals surface area contributed by atoms with Gasteiger partial charge in [0.05, 0.1) is 37.8 Å². The lowest BCUT2D eigenvalue weighted by atomic mass is 9.88. The minimum absolute atomic E-state index is 0.167. The minimum atomic E-state index is -0.639. The van der Waals surface area contributed by atoms with Gasteiger partial charge in [0.2, 0.25) is 0 Å². The maximum absolute atomic E-state index is 11.9. The summed E-state index contributed by atoms with van der Waals surface area (Å²) in [6.45, 7) is 2.83. The van der Waals surface area contributed by atoms with Crippen LogP contribution in [0.4, 0.5) is 0 Å². The Morgan fingerprint density at radius 3 is 2.59 bits per heavy atom. The van der Waals surface area contributed by atoms with Crippen LogP contribution in [-0.2, 0) is 15.1 Å². The van der Waals surface area contributed by atoms with E-state index in [-0.39, 0.29) is 12.4 Å². The fourth-order valence-corrected chi connectivity index (χ4v) is 2.74. The zero-order valence-corrected chi connectivity index (χ0v) is 15.8. The third-order valence-electron chi connectivity index (χ3n) is 4.28. The molecule has 2 aromatic carbocycles. The number of benzene rings is 2. The van der Waals surface area contributed by atoms with Gasteiger partial charge in [-0.15, -0.1) is 0 Å². The number of carbonyl (C=O) groups excluding carboxylic acids is 1. The summed E-state index contributed by atoms with van der Waals surface area (Å²) in [5, 5.41) is 12.3. The highest BCUT2D eigenvalue weighted by molar-refractivity contribution is 5.71. The van der Waals surface area contributed by atoms with E-state index < -0.39 is 5.54 Å². The molecule has 0 saturated heterocycles. The van der Waals surface area contributed by atoms with E-state index in [4.69, 9.17) is 19.5 Å². The Bertz CT molecular complexity index is 816. The van der Waals surface area contributed by atoms with Crippen molar-refractivity contribution in [2.45, 2.75) is 18.9 Å². The molecule has 0 aliphatic heterocycles. The van der Waals surface area contributed by atoms with Crippen LogP contribution in [0.25, 0.3) is 0 Å². The van der Waals surface area contributed by atoms with Crippen LogP contribution < -0.4 is 14.8 Å². The second-order valence-corrected chi connectivity index (χ2v) is 6.23. The molecular weight excluding hydrogens is 344 g/mol. The summed E-state index contributed by atoms with van der Waals surface area (Å²) >= 11 is 0. The van der Waals surface area contributed by atoms with Gasteiger partial charge in [-0.05, 0) is 42.8 Å². The molecule has 0 radical (unpaired) electrons. The van der Waals surface area contributed by atoms with Crippen LogP contribution in [0.5, 0.6) is 11.5 Å². The molecule has 0 amide bonds. The molecule has 6 nitrogen and oxygen atoms in total. The van der Waals surface area contributed by atoms with Crippen molar-refractivity contribution < 1.29 is 19.0 Å². The standard InChI is InChI=1S/C21H24N2O4/c1-21(14-20(24)26-3,17-7-5-8-18(13-17)25-2)23-10-11-27-19-9-4-6-16(12-19)15-22/h4-9,12-13,23H,10-11,14H2,1-3H3. The van der Waals surface area contributed by atoms with Crippen LogP contribution in [0, 0.1) is 11.3 Å². The van der Waals surface area contributed by atoms with E-state index in [0.29, 0.717) is 24.5 Å². The molecule has 1 N–H and O–H groups in total. The van der Waals surface area contributed by atoms with Crippen molar-refractivity contribution in [3.8, 4) is 17.6 Å². The monoisotopic (exact) mass is 368 g/mol. The average Bonchev–Trinajstić information content (AvgIpc) is 2.71. The molecule has 0 aliphatic rings. The molecule has 0 heterocycles. The number of esters is 1. The third-order valence-corrected chi connectivity index (χ3v) is 4.28. The molecular formula is C21H24N2O4. The van der Waals surface area contributed by atoms with Gasteiger partial charge < -0.3 is 19.5 Å². The molecule has 0 aliphatic carbocycles. The van der Waals surface area contributed by atoms with Gasteiger partial charge in [0, 0.05) is 6.54 Å². The summed E-state index contributed by atoms with van der Waals surface area (Å²) in [5.74, 6) is 1.04. The van der Waals surface area contributed by atoms with Crippen molar-refractivity contribution in [3.05, 3.63) is 59.7 Å². The zero-order chi connectivity index (χ0) is 19.7. The number of rotatable bonds is 9. The fraction of sp³-hybridized carbons (Fsp3) is 0.333. The van der Waals surface area contributed by atoms with Gasteiger partial charge in [0.1, 0.15) is 18.1 Å². The maximum atomic E-state index is 11.9. The maximum Gasteiger partial charge on any atom is 0.307 e. The number of nitrogens with zero attached hydrogens (tertiary/aromatic N) is 1. The Hall–Kier alpha value is -3.04. The topological polar surface area (TPSA) is 80.6 Å². The second kappa shape index (κ2) is 9.60. The predicted molar refractivity (Wildman–Crippen MR) is 102 cm³/mol. The lowest BCUT2D eigenvalue weighted by molar-refractivity contribution is -0.142. The van der Waals surface area contributed by atoms with E-state index in [9.17, 15) is 4.79 Å². The molecule has 2 rings (SSSR count). The molecule has 27 heavy (non-hydrogen) atoms. The quantitative estimate of drug-likeness (QED) is 0.541. The molecule has 1 unspecified atom stereocenters. The Kier molecular flexibility index (Phi) is 7.21. The number of hydrogen-bond acceptors (Lipinski definition) is 6. The van der Waals surface area contributed by atoms with E-state index in [1.54, 1.807) is 31.4 Å². The first-order valence-electron chi connectivity index (χ1n) is 8.60. The van der Waals surface area contributed by atoms with Crippen molar-refractivity contribution in [2.24, 2.45) is 0 Å². The Morgan fingerprint density at radius 1 is 1.15 bits per heavy atom. The average molecular weight is 368 g/mol. The zero-order valence-electron chi connectivity index (χ0n) is 15.8. The third kappa shape index (κ3) is 5.73. The Balaban J connectivity index is 2.05. The number of nitrogens with one attached hydrogen (secondary N) is 1. The molecule has 0 aromatic heterocycles. The van der Waals surface area contributed by atoms with Crippen LogP contribution in [0.3, 0.4) is 0 Å². The second-order valence-electron chi connectivity index (χ2n) is 6.23. The number of ether oxygens (including phenoxy) is 3. The lowest BCUT2D eigenvalue weighted by Gasteiger charge is -2.31. The normalized spacial score (nSPS) is 12.5. The lowest BCUT2D eigenvalue weighted by Crippen LogP contribution is -2.43. The molecule has 142 valence electrons. The highest BCUT2D eigenvalue weighted by atomic mass is 16.5. The van der Waals surface area contributed by atoms with Gasteiger partial charge in [-0.25, -0.2) is 0 Å². The minimum Gasteiger partial charge on any atom is -0.497 e. The Morgan fingerprint density at radius 2 is 1.89 bits per heavy atom. The van der Waals surface area contributed by atoms with Gasteiger partial charge in [0.25, 0.3) is 0 Å². The highest BCUT2D eigenvalue weighted by Gasteiger charge is 2.30. The Labute approximate surface area is 159 Å². The molecule has 0 saturated carbocycles. The van der Waals surface area contributed by atoms with Crippen LogP contribution in [-0.4, -0.2) is 33.3 Å². The summed E-state index contributed by atoms with van der Waals surface area (Å²) in [7, 11) is 2.98. The smallest absolute Gasteiger partial charge is 0.307 e. The number of methoxy groups -OCH3 is 2. The van der Waals surface area contributed by atoms with Crippen molar-refractivity contribution >= 4 is 5.97 Å². The molecule has 0 bridgehead atoms. The molecule has 0 spiro atoms. The van der Waals surface area contributed by atoms with Crippen molar-refractivity contribution in [1.82, 2.24) is 5.32 Å². The summed E-state index contributed by atoms with van der Waals surface area (Å²) < 4.78 is 15.8. The molecule has 2 aromatic rings. The largest absolute Gasteiger partial charge is 0.497 e. The first-order chi connectivity index (χ1) is 13.0. The first-order valence-corrected chi connectivity index (χ1v) is 8.60. The van der Waals surface area contributed by atoms with Gasteiger partial charge in [0.15, 0.2) is 0 Å². The van der Waals surface area contributed by atoms with Crippen LogP contribution in [0.1, 0.15) is 24.5 Å². The number of carbonyl (C=O) groups is 1. The van der Waals surface area contributed by atoms with E-state index >= 15 is 0 Å². The summed E-state index contributed by atoms with van der Waals surface area (Å²) in [6.07, 6.45) is 0.167. The molecule has 1 atom stereocenters. The van der Waals surface area contributed by atoms with Gasteiger partial charge in [-0.3, -0.25) is 4.79 Å². The van der Waals surface area contributed by atoms with Crippen LogP contribution >= 0.6 is 0 Å². The van der Waals surface area contributed by atoms with Gasteiger partial charge in [-0.1, -0.05) is 18.2 Å². The van der Waals surface area contributed by atoms with Gasteiger partial charge in [-0.2, -0.15) is 5.26 Å². The van der Waals surface area contributed by atoms with E-state index in [2.05, 4.69) is 11.4 Å². The summed E-state index contributed by atoms with van der Waals surface area (Å²) in [4.78, 5) is 11.9. The van der Waals surface area contributed by atoms with Crippen LogP contribution in [0.2, 0.25) is 0 Å². The van der Waals surface area contributed by atoms with Crippen molar-refractivity contribution in [2.75, 3.05) is 27.4 Å². The van der Waals surface area contributed by atoms with E-state index in [0.717, 1.165) is 11.3 Å². The number of nitriles is 1. The predicted octanol–water partition coefficient (Wildman–Crippen LogP) is 3.01. The van der Waals surface area contributed by atoms with E-state index in [1.807, 2.05) is 31.2 Å². The van der Waals surface area contributed by atoms with Gasteiger partial charge >= 0.3 is 5.97 Å². The fourth-order valence-electron chi connectivity index (χ4n) is 2.74. The number of hydrogen-bond donors (Lipinski definition) is 1. The highest BCUT2D eigenvalue weighted by Crippen LogP contribution is 2.28. The van der Waals surface area contributed by atoms with E-state index in [1.165, 1.54) is 7.11 Å². The van der Waals surface area contributed by atoms with Crippen molar-refractivity contribution in [3.63, 3.8) is 0 Å². The SMILES string of the molecule is COC(=O)CC(C)(NCCOc1cccc(C#N)c1)c1cccc(OC)c1.